The van der Waals surface area contributed by atoms with Gasteiger partial charge in [-0.2, -0.15) is 0 Å². The molecule has 0 radical (unpaired) electrons. The topological polar surface area (TPSA) is 360 Å². The van der Waals surface area contributed by atoms with Crippen LogP contribution in [0.1, 0.15) is 118 Å². The lowest BCUT2D eigenvalue weighted by molar-refractivity contribution is -0.152. The molecule has 106 heavy (non-hydrogen) atoms. The van der Waals surface area contributed by atoms with Gasteiger partial charge in [0.1, 0.15) is 76.0 Å². The predicted octanol–water partition coefficient (Wildman–Crippen LogP) is 7.58. The number of carbonyl (C=O) groups excluding carboxylic acids is 12. The molecule has 0 bridgehead atoms. The number of carbonyl (C=O) groups is 12. The summed E-state index contributed by atoms with van der Waals surface area (Å²) in [5.41, 5.74) is 3.28. The minimum atomic E-state index is -1.69. The molecule has 27 nitrogen and oxygen atoms in total. The molecule has 0 saturated carbocycles. The molecule has 5 unspecified atom stereocenters. The van der Waals surface area contributed by atoms with Crippen molar-refractivity contribution in [3.8, 4) is 0 Å². The first-order chi connectivity index (χ1) is 51.1. The van der Waals surface area contributed by atoms with E-state index < -0.39 is 159 Å². The molecule has 6 amide bonds. The highest BCUT2D eigenvalue weighted by molar-refractivity contribution is 5.94. The van der Waals surface area contributed by atoms with Crippen molar-refractivity contribution >= 4 is 71.4 Å². The summed E-state index contributed by atoms with van der Waals surface area (Å²) < 4.78 is 49.5. The number of nitrogens with one attached hydrogen (secondary N) is 6. The smallest absolute Gasteiger partial charge is 0.407 e. The van der Waals surface area contributed by atoms with E-state index in [2.05, 4.69) is 31.9 Å². The van der Waals surface area contributed by atoms with Crippen LogP contribution in [0.25, 0.3) is 0 Å². The van der Waals surface area contributed by atoms with Crippen LogP contribution in [-0.4, -0.2) is 141 Å². The fraction of sp³-hybridized carbons (Fsp3) is 0.392. The molecular formula is C79H94N6O21. The Balaban J connectivity index is 1.22. The Hall–Kier alpha value is -11.3. The van der Waals surface area contributed by atoms with Gasteiger partial charge in [-0.15, -0.1) is 0 Å². The first kappa shape index (κ1) is 83.6. The van der Waals surface area contributed by atoms with E-state index in [1.807, 2.05) is 6.07 Å². The van der Waals surface area contributed by atoms with Gasteiger partial charge in [-0.1, -0.05) is 182 Å². The minimum Gasteiger partial charge on any atom is -0.461 e. The summed E-state index contributed by atoms with van der Waals surface area (Å²) >= 11 is 0. The molecule has 0 aromatic heterocycles. The average molecular weight is 1460 g/mol. The van der Waals surface area contributed by atoms with E-state index in [1.54, 1.807) is 197 Å². The Labute approximate surface area is 616 Å². The molecule has 6 rings (SSSR count). The molecule has 0 saturated heterocycles. The summed E-state index contributed by atoms with van der Waals surface area (Å²) in [5.74, 6) is -10.6. The third-order valence-electron chi connectivity index (χ3n) is 15.6. The number of benzene rings is 6. The van der Waals surface area contributed by atoms with Crippen LogP contribution in [0.5, 0.6) is 0 Å². The molecule has 0 aliphatic rings. The van der Waals surface area contributed by atoms with Crippen LogP contribution in [0.3, 0.4) is 0 Å². The van der Waals surface area contributed by atoms with Crippen molar-refractivity contribution in [3.63, 3.8) is 0 Å². The van der Waals surface area contributed by atoms with Gasteiger partial charge in [-0.3, -0.25) is 47.9 Å². The Bertz CT molecular complexity index is 3720. The van der Waals surface area contributed by atoms with Gasteiger partial charge in [-0.05, 0) is 86.3 Å². The van der Waals surface area contributed by atoms with Gasteiger partial charge in [0.05, 0.1) is 25.7 Å². The minimum absolute atomic E-state index is 0.0410. The summed E-state index contributed by atoms with van der Waals surface area (Å²) in [4.78, 5) is 165. The maximum Gasteiger partial charge on any atom is 0.407 e. The SMILES string of the molecule is CC(C)(C)OC(=O)NCCOCCOCC(=O)NC(CCC(=O)NC(CCC(=O)OCc1ccccc1)C(=O)NC(CCC(=O)OCc1ccccc1)C(=O)OCc1ccccc1)C(=O)NC(CCC(=O)OCc1ccccc1)C(=O)NCC(CCC(=O)OCc1ccccc1)C(=O)OCc1ccccc1. The monoisotopic (exact) mass is 1460 g/mol. The molecule has 0 fully saturated rings. The number of alkyl carbamates (subject to hydrolysis) is 1. The first-order valence-electron chi connectivity index (χ1n) is 34.9. The van der Waals surface area contributed by atoms with Crippen molar-refractivity contribution < 1.29 is 100 Å². The van der Waals surface area contributed by atoms with Crippen molar-refractivity contribution in [2.75, 3.05) is 39.5 Å². The fourth-order valence-corrected chi connectivity index (χ4v) is 9.95. The maximum atomic E-state index is 14.8. The molecule has 5 atom stereocenters. The highest BCUT2D eigenvalue weighted by atomic mass is 16.6. The van der Waals surface area contributed by atoms with Crippen LogP contribution < -0.4 is 31.9 Å². The van der Waals surface area contributed by atoms with Gasteiger partial charge < -0.3 is 74.5 Å². The second-order valence-electron chi connectivity index (χ2n) is 25.4. The number of rotatable bonds is 46. The first-order valence-corrected chi connectivity index (χ1v) is 34.9. The molecule has 0 spiro atoms. The summed E-state index contributed by atoms with van der Waals surface area (Å²) in [6.07, 6.45) is -4.71. The van der Waals surface area contributed by atoms with E-state index in [-0.39, 0.29) is 91.7 Å². The highest BCUT2D eigenvalue weighted by Gasteiger charge is 2.33. The highest BCUT2D eigenvalue weighted by Crippen LogP contribution is 2.17. The van der Waals surface area contributed by atoms with Crippen LogP contribution in [0.15, 0.2) is 182 Å². The zero-order valence-electron chi connectivity index (χ0n) is 59.8. The van der Waals surface area contributed by atoms with Crippen LogP contribution in [0.2, 0.25) is 0 Å². The predicted molar refractivity (Wildman–Crippen MR) is 384 cm³/mol. The average Bonchev–Trinajstić information content (AvgIpc) is 0.873. The number of ether oxygens (including phenoxy) is 9. The Kier molecular flexibility index (Phi) is 37.2. The van der Waals surface area contributed by atoms with Gasteiger partial charge >= 0.3 is 41.9 Å². The molecule has 27 heteroatoms. The zero-order chi connectivity index (χ0) is 76.2. The Morgan fingerprint density at radius 2 is 0.660 bits per heavy atom. The van der Waals surface area contributed by atoms with Crippen molar-refractivity contribution in [2.45, 2.75) is 154 Å². The van der Waals surface area contributed by atoms with Crippen LogP contribution >= 0.6 is 0 Å². The summed E-state index contributed by atoms with van der Waals surface area (Å²) in [5, 5.41) is 15.5. The number of hydrogen-bond donors (Lipinski definition) is 6. The molecule has 0 aliphatic heterocycles. The lowest BCUT2D eigenvalue weighted by Crippen LogP contribution is -2.55. The summed E-state index contributed by atoms with van der Waals surface area (Å²) in [7, 11) is 0. The van der Waals surface area contributed by atoms with Crippen LogP contribution in [0.4, 0.5) is 4.79 Å². The Morgan fingerprint density at radius 3 is 1.07 bits per heavy atom. The number of esters is 6. The number of amides is 6. The van der Waals surface area contributed by atoms with E-state index in [1.165, 1.54) is 0 Å². The number of hydrogen-bond acceptors (Lipinski definition) is 21. The second kappa shape index (κ2) is 47.1. The van der Waals surface area contributed by atoms with Gasteiger partial charge in [0, 0.05) is 45.2 Å². The molecule has 6 N–H and O–H groups in total. The second-order valence-corrected chi connectivity index (χ2v) is 25.4. The molecule has 0 aliphatic carbocycles. The Morgan fingerprint density at radius 1 is 0.330 bits per heavy atom. The van der Waals surface area contributed by atoms with Crippen molar-refractivity contribution in [2.24, 2.45) is 5.92 Å². The molecule has 6 aromatic carbocycles. The quantitative estimate of drug-likeness (QED) is 0.0122. The van der Waals surface area contributed by atoms with Gasteiger partial charge in [0.2, 0.25) is 29.5 Å². The maximum absolute atomic E-state index is 14.8. The summed E-state index contributed by atoms with van der Waals surface area (Å²) in [6, 6.07) is 46.2. The van der Waals surface area contributed by atoms with E-state index in [0.717, 1.165) is 5.56 Å². The van der Waals surface area contributed by atoms with E-state index >= 15 is 0 Å². The van der Waals surface area contributed by atoms with Crippen molar-refractivity contribution in [1.82, 2.24) is 31.9 Å². The molecule has 0 heterocycles. The lowest BCUT2D eigenvalue weighted by atomic mass is 10.0. The zero-order valence-corrected chi connectivity index (χ0v) is 59.8. The van der Waals surface area contributed by atoms with Crippen LogP contribution in [-0.2, 0) is 135 Å². The lowest BCUT2D eigenvalue weighted by Gasteiger charge is -2.25. The normalized spacial score (nSPS) is 12.3. The largest absolute Gasteiger partial charge is 0.461 e. The molecule has 566 valence electrons. The fourth-order valence-electron chi connectivity index (χ4n) is 9.95. The summed E-state index contributed by atoms with van der Waals surface area (Å²) in [6.45, 7) is 3.24. The molecular weight excluding hydrogens is 1370 g/mol. The third-order valence-corrected chi connectivity index (χ3v) is 15.6. The molecule has 6 aromatic rings. The van der Waals surface area contributed by atoms with Gasteiger partial charge in [-0.25, -0.2) is 9.59 Å². The van der Waals surface area contributed by atoms with Gasteiger partial charge in [0.15, 0.2) is 0 Å². The van der Waals surface area contributed by atoms with E-state index in [4.69, 9.17) is 42.6 Å². The van der Waals surface area contributed by atoms with Gasteiger partial charge in [0.25, 0.3) is 0 Å². The van der Waals surface area contributed by atoms with E-state index in [9.17, 15) is 57.5 Å². The third kappa shape index (κ3) is 35.2. The van der Waals surface area contributed by atoms with Crippen LogP contribution in [0, 0.1) is 5.92 Å². The van der Waals surface area contributed by atoms with Crippen molar-refractivity contribution in [3.05, 3.63) is 215 Å². The van der Waals surface area contributed by atoms with E-state index in [0.29, 0.717) is 27.8 Å². The van der Waals surface area contributed by atoms with Crippen molar-refractivity contribution in [1.29, 1.82) is 0 Å². The standard InChI is InChI=1S/C79H94N6O21/c1-79(2,3)106-78(97)80-44-45-98-46-47-99-55-68(87)83-64(74(93)84-63(36-41-70(89)101-50-57-24-12-5-13-25-57)73(92)81-48-62(76(95)104-53-60-30-18-8-19-31-60)34-40-69(88)100-49-56-22-10-4-11-23-56)35-39-67(86)82-65(37-42-71(90)102-51-58-26-14-6-15-27-58)75(94)85-66(77(96)105-54-61-32-20-9-21-33-61)38-43-72(91)103-52-59-28-16-7-17-29-59/h4-33,62-66H,34-55H2,1-3H3,(H,80,97)(H,81,92)(H,82,86)(H,83,87)(H,84,93)(H,85,94).